The average Bonchev–Trinajstić information content (AvgIpc) is 2.87. The Morgan fingerprint density at radius 3 is 2.74 bits per heavy atom. The quantitative estimate of drug-likeness (QED) is 0.871. The van der Waals surface area contributed by atoms with Gasteiger partial charge < -0.3 is 10.4 Å². The van der Waals surface area contributed by atoms with Crippen LogP contribution >= 0.6 is 0 Å². The summed E-state index contributed by atoms with van der Waals surface area (Å²) >= 11 is 0. The van der Waals surface area contributed by atoms with Crippen LogP contribution in [0.25, 0.3) is 11.0 Å². The Bertz CT molecular complexity index is 616. The van der Waals surface area contributed by atoms with Crippen LogP contribution in [0, 0.1) is 5.92 Å². The number of para-hydroxylation sites is 1. The van der Waals surface area contributed by atoms with Gasteiger partial charge in [0.1, 0.15) is 5.52 Å². The number of hydrogen-bond acceptors (Lipinski definition) is 5. The van der Waals surface area contributed by atoms with Crippen LogP contribution in [-0.4, -0.2) is 32.3 Å². The van der Waals surface area contributed by atoms with E-state index in [-0.39, 0.29) is 12.0 Å². The summed E-state index contributed by atoms with van der Waals surface area (Å²) in [5.74, 6) is -0.512. The minimum Gasteiger partial charge on any atom is -0.481 e. The van der Waals surface area contributed by atoms with Gasteiger partial charge >= 0.3 is 5.97 Å². The molecule has 2 aromatic rings. The van der Waals surface area contributed by atoms with Gasteiger partial charge in [-0.05, 0) is 31.4 Å². The molecule has 1 aliphatic carbocycles. The van der Waals surface area contributed by atoms with E-state index in [1.165, 1.54) is 0 Å². The molecule has 0 aliphatic heterocycles. The van der Waals surface area contributed by atoms with Crippen LogP contribution in [0.15, 0.2) is 24.3 Å². The molecule has 1 aliphatic rings. The number of benzene rings is 1. The molecule has 2 unspecified atom stereocenters. The molecular weight excluding hydrogens is 244 g/mol. The lowest BCUT2D eigenvalue weighted by molar-refractivity contribution is -0.141. The van der Waals surface area contributed by atoms with Crippen molar-refractivity contribution in [3.05, 3.63) is 24.3 Å². The minimum atomic E-state index is -0.721. The Morgan fingerprint density at radius 1 is 1.21 bits per heavy atom. The fourth-order valence-corrected chi connectivity index (χ4v) is 2.46. The Hall–Kier alpha value is -2.24. The van der Waals surface area contributed by atoms with Crippen molar-refractivity contribution in [2.45, 2.75) is 25.3 Å². The summed E-state index contributed by atoms with van der Waals surface area (Å²) in [5, 5.41) is 20.2. The number of aliphatic carboxylic acids is 1. The normalized spacial score (nSPS) is 22.5. The summed E-state index contributed by atoms with van der Waals surface area (Å²) in [6, 6.07) is 7.64. The average molecular weight is 258 g/mol. The summed E-state index contributed by atoms with van der Waals surface area (Å²) in [6.45, 7) is 0. The smallest absolute Gasteiger partial charge is 0.306 e. The van der Waals surface area contributed by atoms with Crippen molar-refractivity contribution in [2.24, 2.45) is 5.92 Å². The first-order valence-corrected chi connectivity index (χ1v) is 6.31. The van der Waals surface area contributed by atoms with E-state index in [4.69, 9.17) is 5.11 Å². The molecule has 0 amide bonds. The van der Waals surface area contributed by atoms with E-state index >= 15 is 0 Å². The molecule has 98 valence electrons. The van der Waals surface area contributed by atoms with E-state index < -0.39 is 5.97 Å². The lowest BCUT2D eigenvalue weighted by atomic mass is 10.1. The molecule has 1 saturated carbocycles. The molecule has 1 aromatic heterocycles. The van der Waals surface area contributed by atoms with Crippen molar-refractivity contribution in [3.63, 3.8) is 0 Å². The molecule has 2 atom stereocenters. The Labute approximate surface area is 109 Å². The maximum atomic E-state index is 10.9. The fraction of sp³-hybridized carbons (Fsp3) is 0.385. The molecule has 1 heterocycles. The maximum absolute atomic E-state index is 10.9. The number of aromatic nitrogens is 3. The van der Waals surface area contributed by atoms with Gasteiger partial charge in [-0.15, -0.1) is 10.2 Å². The van der Waals surface area contributed by atoms with Crippen LogP contribution in [0.4, 0.5) is 5.95 Å². The van der Waals surface area contributed by atoms with Crippen LogP contribution in [0.3, 0.4) is 0 Å². The van der Waals surface area contributed by atoms with Crippen LogP contribution < -0.4 is 5.32 Å². The first kappa shape index (κ1) is 11.8. The molecule has 3 rings (SSSR count). The van der Waals surface area contributed by atoms with Crippen LogP contribution in [0.1, 0.15) is 19.3 Å². The molecule has 0 bridgehead atoms. The summed E-state index contributed by atoms with van der Waals surface area (Å²) in [5.41, 5.74) is 1.54. The Morgan fingerprint density at radius 2 is 2.00 bits per heavy atom. The van der Waals surface area contributed by atoms with Crippen molar-refractivity contribution in [1.82, 2.24) is 15.2 Å². The number of nitrogens with one attached hydrogen (secondary N) is 1. The Balaban J connectivity index is 1.73. The third kappa shape index (κ3) is 2.47. The second-order valence-corrected chi connectivity index (χ2v) is 4.81. The zero-order valence-electron chi connectivity index (χ0n) is 10.3. The lowest BCUT2D eigenvalue weighted by Gasteiger charge is -2.11. The number of nitrogens with zero attached hydrogens (tertiary/aromatic N) is 3. The highest BCUT2D eigenvalue weighted by Gasteiger charge is 2.30. The van der Waals surface area contributed by atoms with Crippen molar-refractivity contribution in [3.8, 4) is 0 Å². The number of anilines is 1. The molecule has 0 spiro atoms. The topological polar surface area (TPSA) is 88.0 Å². The summed E-state index contributed by atoms with van der Waals surface area (Å²) in [7, 11) is 0. The van der Waals surface area contributed by atoms with Gasteiger partial charge in [0.25, 0.3) is 0 Å². The fourth-order valence-electron chi connectivity index (χ4n) is 2.46. The molecule has 1 fully saturated rings. The number of carboxylic acids is 1. The third-order valence-corrected chi connectivity index (χ3v) is 3.48. The monoisotopic (exact) mass is 258 g/mol. The first-order valence-electron chi connectivity index (χ1n) is 6.31. The van der Waals surface area contributed by atoms with Gasteiger partial charge in [-0.1, -0.05) is 12.1 Å². The largest absolute Gasteiger partial charge is 0.481 e. The highest BCUT2D eigenvalue weighted by molar-refractivity contribution is 5.74. The standard InChI is InChI=1S/C13H14N4O2/c18-12(19)8-5-6-9(7-8)14-13-15-10-3-1-2-4-11(10)16-17-13/h1-4,8-9H,5-7H2,(H,18,19)(H,14,15,17). The van der Waals surface area contributed by atoms with Crippen molar-refractivity contribution >= 4 is 23.0 Å². The van der Waals surface area contributed by atoms with Gasteiger partial charge in [0.15, 0.2) is 0 Å². The van der Waals surface area contributed by atoms with Gasteiger partial charge in [-0.3, -0.25) is 4.79 Å². The number of fused-ring (bicyclic) bond motifs is 1. The van der Waals surface area contributed by atoms with E-state index in [1.807, 2.05) is 24.3 Å². The van der Waals surface area contributed by atoms with Crippen molar-refractivity contribution in [1.29, 1.82) is 0 Å². The van der Waals surface area contributed by atoms with Crippen molar-refractivity contribution < 1.29 is 9.90 Å². The van der Waals surface area contributed by atoms with Gasteiger partial charge in [0.05, 0.1) is 11.4 Å². The van der Waals surface area contributed by atoms with E-state index in [0.717, 1.165) is 17.5 Å². The van der Waals surface area contributed by atoms with Gasteiger partial charge in [-0.2, -0.15) is 0 Å². The van der Waals surface area contributed by atoms with E-state index in [2.05, 4.69) is 20.5 Å². The molecule has 6 nitrogen and oxygen atoms in total. The minimum absolute atomic E-state index is 0.115. The molecule has 19 heavy (non-hydrogen) atoms. The molecule has 6 heteroatoms. The third-order valence-electron chi connectivity index (χ3n) is 3.48. The Kier molecular flexibility index (Phi) is 2.98. The molecule has 1 aromatic carbocycles. The highest BCUT2D eigenvalue weighted by atomic mass is 16.4. The predicted octanol–water partition coefficient (Wildman–Crippen LogP) is 1.69. The van der Waals surface area contributed by atoms with E-state index in [0.29, 0.717) is 18.8 Å². The molecule has 0 radical (unpaired) electrons. The van der Waals surface area contributed by atoms with E-state index in [1.54, 1.807) is 0 Å². The van der Waals surface area contributed by atoms with Crippen LogP contribution in [-0.2, 0) is 4.79 Å². The molecule has 0 saturated heterocycles. The number of carboxylic acid groups (broad SMARTS) is 1. The van der Waals surface area contributed by atoms with Crippen LogP contribution in [0.2, 0.25) is 0 Å². The van der Waals surface area contributed by atoms with Crippen molar-refractivity contribution in [2.75, 3.05) is 5.32 Å². The lowest BCUT2D eigenvalue weighted by Crippen LogP contribution is -2.19. The maximum Gasteiger partial charge on any atom is 0.306 e. The number of carbonyl (C=O) groups is 1. The molecular formula is C13H14N4O2. The second kappa shape index (κ2) is 4.79. The zero-order valence-corrected chi connectivity index (χ0v) is 10.3. The number of rotatable bonds is 3. The summed E-state index contributed by atoms with van der Waals surface area (Å²) in [6.07, 6.45) is 2.15. The predicted molar refractivity (Wildman–Crippen MR) is 69.7 cm³/mol. The van der Waals surface area contributed by atoms with Gasteiger partial charge in [0.2, 0.25) is 5.95 Å². The van der Waals surface area contributed by atoms with Gasteiger partial charge in [0, 0.05) is 6.04 Å². The summed E-state index contributed by atoms with van der Waals surface area (Å²) in [4.78, 5) is 15.3. The highest BCUT2D eigenvalue weighted by Crippen LogP contribution is 2.27. The zero-order chi connectivity index (χ0) is 13.2. The summed E-state index contributed by atoms with van der Waals surface area (Å²) < 4.78 is 0. The second-order valence-electron chi connectivity index (χ2n) is 4.81. The van der Waals surface area contributed by atoms with Crippen LogP contribution in [0.5, 0.6) is 0 Å². The molecule has 2 N–H and O–H groups in total. The number of hydrogen-bond donors (Lipinski definition) is 2. The SMILES string of the molecule is O=C(O)C1CCC(Nc2nnc3ccccc3n2)C1. The van der Waals surface area contributed by atoms with Gasteiger partial charge in [-0.25, -0.2) is 4.98 Å². The first-order chi connectivity index (χ1) is 9.22. The van der Waals surface area contributed by atoms with E-state index in [9.17, 15) is 4.79 Å².